The number of allylic oxidation sites excluding steroid dienone is 1. The van der Waals surface area contributed by atoms with Gasteiger partial charge >= 0.3 is 6.18 Å². The largest absolute Gasteiger partial charge is 0.495 e. The van der Waals surface area contributed by atoms with E-state index in [1.54, 1.807) is 6.08 Å². The zero-order chi connectivity index (χ0) is 12.2. The predicted molar refractivity (Wildman–Crippen MR) is 53.8 cm³/mol. The van der Waals surface area contributed by atoms with Gasteiger partial charge in [0.2, 0.25) is 0 Å². The van der Waals surface area contributed by atoms with Crippen LogP contribution in [0.3, 0.4) is 0 Å². The molecule has 2 nitrogen and oxygen atoms in total. The fraction of sp³-hybridized carbons (Fsp3) is 0.818. The summed E-state index contributed by atoms with van der Waals surface area (Å²) in [5.41, 5.74) is -1.27. The van der Waals surface area contributed by atoms with Gasteiger partial charge in [-0.2, -0.15) is 13.2 Å². The Morgan fingerprint density at radius 3 is 2.56 bits per heavy atom. The normalized spacial score (nSPS) is 20.9. The first-order valence-electron chi connectivity index (χ1n) is 5.44. The van der Waals surface area contributed by atoms with Crippen LogP contribution in [-0.2, 0) is 4.74 Å². The molecule has 0 aromatic rings. The first-order valence-corrected chi connectivity index (χ1v) is 5.44. The number of hydrogen-bond acceptors (Lipinski definition) is 2. The summed E-state index contributed by atoms with van der Waals surface area (Å²) in [6.07, 6.45) is -1.58. The topological polar surface area (TPSA) is 29.5 Å². The third kappa shape index (κ3) is 4.43. The van der Waals surface area contributed by atoms with E-state index in [0.29, 0.717) is 12.4 Å². The van der Waals surface area contributed by atoms with Crippen molar-refractivity contribution in [3.05, 3.63) is 11.8 Å². The number of ether oxygens (including phenoxy) is 1. The second kappa shape index (κ2) is 5.08. The van der Waals surface area contributed by atoms with Crippen molar-refractivity contribution < 1.29 is 23.0 Å². The molecular weight excluding hydrogens is 221 g/mol. The van der Waals surface area contributed by atoms with Crippen LogP contribution in [0.5, 0.6) is 0 Å². The van der Waals surface area contributed by atoms with Crippen molar-refractivity contribution in [2.45, 2.75) is 50.8 Å². The monoisotopic (exact) mass is 238 g/mol. The lowest BCUT2D eigenvalue weighted by atomic mass is 9.94. The molecule has 0 spiro atoms. The van der Waals surface area contributed by atoms with E-state index in [9.17, 15) is 18.3 Å². The molecule has 1 N–H and O–H groups in total. The lowest BCUT2D eigenvalue weighted by Crippen LogP contribution is -2.30. The first kappa shape index (κ1) is 13.4. The van der Waals surface area contributed by atoms with Gasteiger partial charge in [-0.1, -0.05) is 0 Å². The van der Waals surface area contributed by atoms with Gasteiger partial charge in [-0.05, 0) is 38.7 Å². The summed E-state index contributed by atoms with van der Waals surface area (Å²) in [4.78, 5) is 0. The van der Waals surface area contributed by atoms with Crippen LogP contribution >= 0.6 is 0 Å². The molecule has 1 aliphatic rings. The van der Waals surface area contributed by atoms with Crippen molar-refractivity contribution >= 4 is 0 Å². The van der Waals surface area contributed by atoms with Gasteiger partial charge in [0, 0.05) is 6.42 Å². The third-order valence-electron chi connectivity index (χ3n) is 2.59. The average Bonchev–Trinajstić information content (AvgIpc) is 2.17. The van der Waals surface area contributed by atoms with E-state index in [0.717, 1.165) is 12.8 Å². The molecular formula is C11H17F3O2. The van der Waals surface area contributed by atoms with Crippen molar-refractivity contribution in [2.75, 3.05) is 6.61 Å². The van der Waals surface area contributed by atoms with Crippen molar-refractivity contribution in [2.24, 2.45) is 0 Å². The van der Waals surface area contributed by atoms with Gasteiger partial charge in [0.15, 0.2) is 0 Å². The lowest BCUT2D eigenvalue weighted by Gasteiger charge is -2.29. The highest BCUT2D eigenvalue weighted by atomic mass is 19.4. The van der Waals surface area contributed by atoms with Crippen LogP contribution in [0.2, 0.25) is 0 Å². The van der Waals surface area contributed by atoms with Crippen molar-refractivity contribution in [1.29, 1.82) is 0 Å². The molecule has 5 heteroatoms. The fourth-order valence-electron chi connectivity index (χ4n) is 1.69. The van der Waals surface area contributed by atoms with E-state index < -0.39 is 18.2 Å². The molecule has 1 aliphatic heterocycles. The number of alkyl halides is 3. The van der Waals surface area contributed by atoms with Gasteiger partial charge < -0.3 is 9.84 Å². The van der Waals surface area contributed by atoms with E-state index in [2.05, 4.69) is 0 Å². The summed E-state index contributed by atoms with van der Waals surface area (Å²) in [6, 6.07) is 0. The predicted octanol–water partition coefficient (Wildman–Crippen LogP) is 3.16. The lowest BCUT2D eigenvalue weighted by molar-refractivity contribution is -0.137. The second-order valence-corrected chi connectivity index (χ2v) is 4.30. The molecule has 0 bridgehead atoms. The van der Waals surface area contributed by atoms with Gasteiger partial charge in [0.05, 0.1) is 6.61 Å². The summed E-state index contributed by atoms with van der Waals surface area (Å²) >= 11 is 0. The molecule has 0 aromatic heterocycles. The Morgan fingerprint density at radius 2 is 2.06 bits per heavy atom. The molecule has 1 unspecified atom stereocenters. The molecule has 0 radical (unpaired) electrons. The van der Waals surface area contributed by atoms with Crippen LogP contribution < -0.4 is 0 Å². The highest BCUT2D eigenvalue weighted by molar-refractivity contribution is 5.09. The molecule has 0 fully saturated rings. The molecule has 1 atom stereocenters. The molecule has 16 heavy (non-hydrogen) atoms. The fourth-order valence-corrected chi connectivity index (χ4v) is 1.69. The van der Waals surface area contributed by atoms with E-state index in [4.69, 9.17) is 4.74 Å². The van der Waals surface area contributed by atoms with E-state index in [-0.39, 0.29) is 12.8 Å². The molecule has 1 heterocycles. The maximum atomic E-state index is 11.9. The maximum absolute atomic E-state index is 11.9. The molecule has 0 aromatic carbocycles. The summed E-state index contributed by atoms with van der Waals surface area (Å²) < 4.78 is 41.1. The maximum Gasteiger partial charge on any atom is 0.389 e. The first-order chi connectivity index (χ1) is 7.31. The molecule has 0 saturated carbocycles. The average molecular weight is 238 g/mol. The second-order valence-electron chi connectivity index (χ2n) is 4.30. The molecule has 94 valence electrons. The Kier molecular flexibility index (Phi) is 4.24. The van der Waals surface area contributed by atoms with Crippen LogP contribution in [0.25, 0.3) is 0 Å². The van der Waals surface area contributed by atoms with Crippen molar-refractivity contribution in [3.8, 4) is 0 Å². The van der Waals surface area contributed by atoms with Crippen LogP contribution in [0.1, 0.15) is 39.0 Å². The van der Waals surface area contributed by atoms with E-state index >= 15 is 0 Å². The van der Waals surface area contributed by atoms with Crippen LogP contribution in [0.4, 0.5) is 13.2 Å². The zero-order valence-electron chi connectivity index (χ0n) is 9.31. The van der Waals surface area contributed by atoms with Crippen LogP contribution in [-0.4, -0.2) is 23.5 Å². The number of aliphatic hydroxyl groups is 1. The highest BCUT2D eigenvalue weighted by Gasteiger charge is 2.32. The van der Waals surface area contributed by atoms with Crippen molar-refractivity contribution in [3.63, 3.8) is 0 Å². The van der Waals surface area contributed by atoms with E-state index in [1.807, 2.05) is 0 Å². The van der Waals surface area contributed by atoms with Gasteiger partial charge in [0.1, 0.15) is 11.4 Å². The molecule has 0 aliphatic carbocycles. The van der Waals surface area contributed by atoms with E-state index in [1.165, 1.54) is 6.92 Å². The molecule has 0 saturated heterocycles. The van der Waals surface area contributed by atoms with Gasteiger partial charge in [-0.25, -0.2) is 0 Å². The Labute approximate surface area is 93.1 Å². The van der Waals surface area contributed by atoms with Crippen LogP contribution in [0, 0.1) is 0 Å². The smallest absolute Gasteiger partial charge is 0.389 e. The quantitative estimate of drug-likeness (QED) is 0.815. The van der Waals surface area contributed by atoms with Gasteiger partial charge in [0.25, 0.3) is 0 Å². The SMILES string of the molecule is CC(O)(CCCC(F)(F)F)C1=CCCCO1. The molecule has 0 amide bonds. The van der Waals surface area contributed by atoms with Gasteiger partial charge in [-0.15, -0.1) is 0 Å². The summed E-state index contributed by atoms with van der Waals surface area (Å²) in [6.45, 7) is 2.03. The summed E-state index contributed by atoms with van der Waals surface area (Å²) in [7, 11) is 0. The minimum absolute atomic E-state index is 0.0678. The van der Waals surface area contributed by atoms with Gasteiger partial charge in [-0.3, -0.25) is 0 Å². The standard InChI is InChI=1S/C11H17F3O2/c1-10(15,6-4-7-11(12,13)14)9-5-2-3-8-16-9/h5,15H,2-4,6-8H2,1H3. The highest BCUT2D eigenvalue weighted by Crippen LogP contribution is 2.30. The Balaban J connectivity index is 2.42. The van der Waals surface area contributed by atoms with Crippen molar-refractivity contribution in [1.82, 2.24) is 0 Å². The summed E-state index contributed by atoms with van der Waals surface area (Å²) in [5, 5.41) is 9.98. The number of rotatable bonds is 4. The number of hydrogen-bond donors (Lipinski definition) is 1. The Hall–Kier alpha value is -0.710. The Bertz CT molecular complexity index is 256. The summed E-state index contributed by atoms with van der Waals surface area (Å²) in [5.74, 6) is 0.418. The Morgan fingerprint density at radius 1 is 1.38 bits per heavy atom. The van der Waals surface area contributed by atoms with Crippen LogP contribution in [0.15, 0.2) is 11.8 Å². The number of halogens is 3. The molecule has 1 rings (SSSR count). The third-order valence-corrected chi connectivity index (χ3v) is 2.59. The minimum Gasteiger partial charge on any atom is -0.495 e. The minimum atomic E-state index is -4.15. The zero-order valence-corrected chi connectivity index (χ0v) is 9.31.